The summed E-state index contributed by atoms with van der Waals surface area (Å²) in [6.07, 6.45) is 6.96. The van der Waals surface area contributed by atoms with Crippen LogP contribution in [0.25, 0.3) is 11.3 Å². The molecule has 2 rings (SSSR count). The summed E-state index contributed by atoms with van der Waals surface area (Å²) in [6.45, 7) is 2.03. The molecule has 0 amide bonds. The molecule has 2 N–H and O–H groups in total. The number of hydrogen-bond acceptors (Lipinski definition) is 4. The van der Waals surface area contributed by atoms with E-state index in [9.17, 15) is 4.21 Å². The lowest BCUT2D eigenvalue weighted by Gasteiger charge is -2.15. The summed E-state index contributed by atoms with van der Waals surface area (Å²) >= 11 is 0. The van der Waals surface area contributed by atoms with E-state index in [-0.39, 0.29) is 6.04 Å². The topological polar surface area (TPSA) is 73.8 Å². The van der Waals surface area contributed by atoms with Gasteiger partial charge in [-0.2, -0.15) is 0 Å². The second-order valence-corrected chi connectivity index (χ2v) is 5.73. The normalized spacial score (nSPS) is 14.3. The lowest BCUT2D eigenvalue weighted by molar-refractivity contribution is 0.601. The second kappa shape index (κ2) is 5.30. The number of aromatic nitrogens is 3. The van der Waals surface area contributed by atoms with Crippen molar-refractivity contribution < 1.29 is 4.21 Å². The molecule has 0 aliphatic carbocycles. The number of imidazole rings is 1. The number of nitrogens with zero attached hydrogens (tertiary/aromatic N) is 3. The van der Waals surface area contributed by atoms with Gasteiger partial charge in [-0.15, -0.1) is 0 Å². The van der Waals surface area contributed by atoms with Crippen molar-refractivity contribution in [3.8, 4) is 11.3 Å². The molecule has 6 heteroatoms. The van der Waals surface area contributed by atoms with Crippen LogP contribution in [-0.4, -0.2) is 30.8 Å². The largest absolute Gasteiger partial charge is 0.384 e. The van der Waals surface area contributed by atoms with Crippen molar-refractivity contribution in [3.05, 3.63) is 30.9 Å². The minimum Gasteiger partial charge on any atom is -0.384 e. The van der Waals surface area contributed by atoms with Crippen molar-refractivity contribution in [2.24, 2.45) is 0 Å². The Bertz CT molecular complexity index is 549. The predicted octanol–water partition coefficient (Wildman–Crippen LogP) is 1.47. The van der Waals surface area contributed by atoms with Crippen LogP contribution in [0.4, 0.5) is 5.82 Å². The lowest BCUT2D eigenvalue weighted by atomic mass is 10.2. The van der Waals surface area contributed by atoms with Crippen LogP contribution in [0.15, 0.2) is 30.9 Å². The third-order valence-corrected chi connectivity index (χ3v) is 3.65. The zero-order valence-corrected chi connectivity index (χ0v) is 11.2. The van der Waals surface area contributed by atoms with Crippen LogP contribution in [0, 0.1) is 0 Å². The van der Waals surface area contributed by atoms with Crippen LogP contribution in [-0.2, 0) is 10.8 Å². The van der Waals surface area contributed by atoms with Crippen molar-refractivity contribution in [1.82, 2.24) is 14.5 Å². The van der Waals surface area contributed by atoms with Gasteiger partial charge in [0.2, 0.25) is 0 Å². The van der Waals surface area contributed by atoms with Gasteiger partial charge in [-0.25, -0.2) is 9.97 Å². The van der Waals surface area contributed by atoms with Crippen LogP contribution < -0.4 is 5.73 Å². The fourth-order valence-corrected chi connectivity index (χ4v) is 2.70. The van der Waals surface area contributed by atoms with Gasteiger partial charge >= 0.3 is 0 Å². The molecule has 2 unspecified atom stereocenters. The molecule has 0 aliphatic rings. The van der Waals surface area contributed by atoms with Crippen LogP contribution in [0.5, 0.6) is 0 Å². The lowest BCUT2D eigenvalue weighted by Crippen LogP contribution is -2.13. The first kappa shape index (κ1) is 12.8. The van der Waals surface area contributed by atoms with Gasteiger partial charge in [0.25, 0.3) is 0 Å². The Hall–Kier alpha value is -1.69. The molecule has 0 spiro atoms. The number of rotatable bonds is 4. The molecule has 0 radical (unpaired) electrons. The maximum atomic E-state index is 11.3. The molecule has 2 atom stereocenters. The summed E-state index contributed by atoms with van der Waals surface area (Å²) in [5, 5.41) is 0. The smallest absolute Gasteiger partial charge is 0.123 e. The van der Waals surface area contributed by atoms with E-state index in [2.05, 4.69) is 9.97 Å². The summed E-state index contributed by atoms with van der Waals surface area (Å²) in [4.78, 5) is 8.23. The summed E-state index contributed by atoms with van der Waals surface area (Å²) in [5.41, 5.74) is 7.48. The van der Waals surface area contributed by atoms with E-state index >= 15 is 0 Å². The standard InChI is InChI=1S/C12H16N4OS/c1-9(7-18(2)17)16-8-14-6-11(16)10-3-4-12(13)15-5-10/h3-6,8-9H,7H2,1-2H3,(H2,13,15). The first-order valence-electron chi connectivity index (χ1n) is 5.61. The SMILES string of the molecule is CC(CS(C)=O)n1cncc1-c1ccc(N)nc1. The van der Waals surface area contributed by atoms with Crippen molar-refractivity contribution >= 4 is 16.6 Å². The zero-order chi connectivity index (χ0) is 13.1. The first-order chi connectivity index (χ1) is 8.58. The van der Waals surface area contributed by atoms with Crippen LogP contribution in [0.2, 0.25) is 0 Å². The Morgan fingerprint density at radius 3 is 2.83 bits per heavy atom. The highest BCUT2D eigenvalue weighted by atomic mass is 32.2. The Kier molecular flexibility index (Phi) is 3.76. The highest BCUT2D eigenvalue weighted by Gasteiger charge is 2.12. The molecule has 18 heavy (non-hydrogen) atoms. The molecule has 0 aromatic carbocycles. The summed E-state index contributed by atoms with van der Waals surface area (Å²) in [5.74, 6) is 1.10. The van der Waals surface area contributed by atoms with Crippen LogP contribution in [0.3, 0.4) is 0 Å². The van der Waals surface area contributed by atoms with Crippen molar-refractivity contribution in [2.75, 3.05) is 17.7 Å². The Morgan fingerprint density at radius 1 is 1.44 bits per heavy atom. The average molecular weight is 264 g/mol. The Balaban J connectivity index is 2.32. The fourth-order valence-electron chi connectivity index (χ4n) is 1.86. The number of nitrogen functional groups attached to an aromatic ring is 1. The van der Waals surface area contributed by atoms with Gasteiger partial charge in [0.05, 0.1) is 18.2 Å². The predicted molar refractivity (Wildman–Crippen MR) is 73.5 cm³/mol. The summed E-state index contributed by atoms with van der Waals surface area (Å²) < 4.78 is 13.3. The van der Waals surface area contributed by atoms with E-state index in [1.54, 1.807) is 31.0 Å². The van der Waals surface area contributed by atoms with Gasteiger partial charge in [0, 0.05) is 40.6 Å². The number of nitrogens with two attached hydrogens (primary N) is 1. The number of anilines is 1. The molecule has 0 saturated carbocycles. The van der Waals surface area contributed by atoms with Gasteiger partial charge < -0.3 is 10.3 Å². The van der Waals surface area contributed by atoms with Crippen molar-refractivity contribution in [2.45, 2.75) is 13.0 Å². The quantitative estimate of drug-likeness (QED) is 0.907. The van der Waals surface area contributed by atoms with Gasteiger partial charge in [-0.1, -0.05) is 0 Å². The Morgan fingerprint density at radius 2 is 2.22 bits per heavy atom. The molecule has 5 nitrogen and oxygen atoms in total. The van der Waals surface area contributed by atoms with Crippen molar-refractivity contribution in [3.63, 3.8) is 0 Å². The van der Waals surface area contributed by atoms with Crippen LogP contribution >= 0.6 is 0 Å². The van der Waals surface area contributed by atoms with Gasteiger partial charge in [-0.05, 0) is 19.1 Å². The molecular weight excluding hydrogens is 248 g/mol. The zero-order valence-electron chi connectivity index (χ0n) is 10.4. The van der Waals surface area contributed by atoms with Gasteiger partial charge in [0.1, 0.15) is 5.82 Å². The highest BCUT2D eigenvalue weighted by Crippen LogP contribution is 2.22. The van der Waals surface area contributed by atoms with Gasteiger partial charge in [-0.3, -0.25) is 4.21 Å². The molecule has 2 aromatic heterocycles. The van der Waals surface area contributed by atoms with E-state index in [4.69, 9.17) is 5.73 Å². The number of pyridine rings is 1. The average Bonchev–Trinajstić information content (AvgIpc) is 2.78. The molecule has 2 heterocycles. The Labute approximate surface area is 109 Å². The fraction of sp³-hybridized carbons (Fsp3) is 0.333. The molecule has 0 fully saturated rings. The molecule has 0 aliphatic heterocycles. The van der Waals surface area contributed by atoms with Crippen LogP contribution in [0.1, 0.15) is 13.0 Å². The second-order valence-electron chi connectivity index (χ2n) is 4.25. The summed E-state index contributed by atoms with van der Waals surface area (Å²) in [6, 6.07) is 3.80. The molecule has 96 valence electrons. The molecular formula is C12H16N4OS. The maximum Gasteiger partial charge on any atom is 0.123 e. The third kappa shape index (κ3) is 2.76. The van der Waals surface area contributed by atoms with E-state index < -0.39 is 10.8 Å². The van der Waals surface area contributed by atoms with E-state index in [1.165, 1.54) is 0 Å². The molecule has 2 aromatic rings. The monoisotopic (exact) mass is 264 g/mol. The maximum absolute atomic E-state index is 11.3. The number of hydrogen-bond donors (Lipinski definition) is 1. The highest BCUT2D eigenvalue weighted by molar-refractivity contribution is 7.84. The first-order valence-corrected chi connectivity index (χ1v) is 7.34. The third-order valence-electron chi connectivity index (χ3n) is 2.70. The van der Waals surface area contributed by atoms with Crippen molar-refractivity contribution in [1.29, 1.82) is 0 Å². The van der Waals surface area contributed by atoms with E-state index in [0.717, 1.165) is 11.3 Å². The van der Waals surface area contributed by atoms with E-state index in [1.807, 2.05) is 17.6 Å². The van der Waals surface area contributed by atoms with E-state index in [0.29, 0.717) is 11.6 Å². The summed E-state index contributed by atoms with van der Waals surface area (Å²) in [7, 11) is -0.833. The minimum atomic E-state index is -0.833. The minimum absolute atomic E-state index is 0.130. The molecule has 0 bridgehead atoms. The van der Waals surface area contributed by atoms with Gasteiger partial charge in [0.15, 0.2) is 0 Å². The molecule has 0 saturated heterocycles.